The van der Waals surface area contributed by atoms with Gasteiger partial charge in [0.2, 0.25) is 5.88 Å². The molecule has 0 aliphatic rings. The van der Waals surface area contributed by atoms with Crippen LogP contribution in [0.1, 0.15) is 24.5 Å². The van der Waals surface area contributed by atoms with Crippen LogP contribution in [0.15, 0.2) is 45.7 Å². The van der Waals surface area contributed by atoms with Crippen molar-refractivity contribution in [3.63, 3.8) is 0 Å². The van der Waals surface area contributed by atoms with Gasteiger partial charge in [-0.2, -0.15) is 13.2 Å². The lowest BCUT2D eigenvalue weighted by molar-refractivity contribution is -0.137. The summed E-state index contributed by atoms with van der Waals surface area (Å²) >= 11 is 5.83. The van der Waals surface area contributed by atoms with Gasteiger partial charge >= 0.3 is 11.8 Å². The zero-order valence-corrected chi connectivity index (χ0v) is 14.3. The summed E-state index contributed by atoms with van der Waals surface area (Å²) in [4.78, 5) is 15.3. The molecule has 0 spiro atoms. The molecule has 0 unspecified atom stereocenters. The molecule has 0 N–H and O–H groups in total. The summed E-state index contributed by atoms with van der Waals surface area (Å²) in [5.74, 6) is 0.0644. The van der Waals surface area contributed by atoms with Gasteiger partial charge < -0.3 is 9.15 Å². The number of benzene rings is 1. The Labute approximate surface area is 151 Å². The van der Waals surface area contributed by atoms with Crippen LogP contribution in [0, 0.1) is 0 Å². The predicted octanol–water partition coefficient (Wildman–Crippen LogP) is 5.61. The number of ether oxygens (including phenoxy) is 1. The Kier molecular flexibility index (Phi) is 4.91. The first-order valence-electron chi connectivity index (χ1n) is 7.75. The van der Waals surface area contributed by atoms with Crippen molar-refractivity contribution >= 4 is 22.6 Å². The average molecular weight is 384 g/mol. The fourth-order valence-corrected chi connectivity index (χ4v) is 2.72. The zero-order chi connectivity index (χ0) is 18.9. The first-order chi connectivity index (χ1) is 12.3. The van der Waals surface area contributed by atoms with Crippen molar-refractivity contribution in [3.8, 4) is 11.6 Å². The normalized spacial score (nSPS) is 11.7. The summed E-state index contributed by atoms with van der Waals surface area (Å²) in [5.41, 5.74) is -0.273. The van der Waals surface area contributed by atoms with E-state index in [4.69, 9.17) is 20.8 Å². The maximum absolute atomic E-state index is 12.7. The van der Waals surface area contributed by atoms with Gasteiger partial charge in [-0.1, -0.05) is 24.9 Å². The van der Waals surface area contributed by atoms with Crippen LogP contribution >= 0.6 is 11.6 Å². The van der Waals surface area contributed by atoms with Crippen LogP contribution in [0.25, 0.3) is 11.0 Å². The Morgan fingerprint density at radius 3 is 2.65 bits per heavy atom. The van der Waals surface area contributed by atoms with Crippen molar-refractivity contribution in [2.24, 2.45) is 0 Å². The second-order valence-electron chi connectivity index (χ2n) is 5.61. The quantitative estimate of drug-likeness (QED) is 0.550. The molecule has 0 bridgehead atoms. The third-order valence-electron chi connectivity index (χ3n) is 3.67. The second-order valence-corrected chi connectivity index (χ2v) is 6.02. The molecule has 0 amide bonds. The summed E-state index contributed by atoms with van der Waals surface area (Å²) in [6.45, 7) is 2.00. The minimum Gasteiger partial charge on any atom is -0.437 e. The Balaban J connectivity index is 1.96. The van der Waals surface area contributed by atoms with Crippen LogP contribution in [0.2, 0.25) is 5.02 Å². The molecule has 136 valence electrons. The SMILES string of the molecule is CCCc1cc(=O)oc2cc(Oc3ncc(C(F)(F)F)cc3Cl)ccc12. The molecule has 8 heteroatoms. The molecule has 26 heavy (non-hydrogen) atoms. The fraction of sp³-hybridized carbons (Fsp3) is 0.222. The standard InChI is InChI=1S/C18H13ClF3NO3/c1-2-3-10-6-16(24)26-15-8-12(4-5-13(10)15)25-17-14(19)7-11(9-23-17)18(20,21)22/h4-9H,2-3H2,1H3. The molecule has 3 rings (SSSR count). The van der Waals surface area contributed by atoms with E-state index < -0.39 is 17.4 Å². The number of hydrogen-bond acceptors (Lipinski definition) is 4. The summed E-state index contributed by atoms with van der Waals surface area (Å²) in [6.07, 6.45) is -2.32. The van der Waals surface area contributed by atoms with Gasteiger partial charge in [0, 0.05) is 23.7 Å². The van der Waals surface area contributed by atoms with Crippen LogP contribution in [0.3, 0.4) is 0 Å². The van der Waals surface area contributed by atoms with Crippen LogP contribution in [-0.2, 0) is 12.6 Å². The van der Waals surface area contributed by atoms with Gasteiger partial charge in [-0.3, -0.25) is 0 Å². The predicted molar refractivity (Wildman–Crippen MR) is 90.8 cm³/mol. The van der Waals surface area contributed by atoms with Crippen molar-refractivity contribution in [2.75, 3.05) is 0 Å². The minimum absolute atomic E-state index is 0.175. The zero-order valence-electron chi connectivity index (χ0n) is 13.6. The lowest BCUT2D eigenvalue weighted by atomic mass is 10.1. The van der Waals surface area contributed by atoms with Crippen molar-refractivity contribution in [3.05, 3.63) is 63.1 Å². The summed E-state index contributed by atoms with van der Waals surface area (Å²) in [5, 5.41) is 0.492. The van der Waals surface area contributed by atoms with Gasteiger partial charge in [0.05, 0.1) is 5.56 Å². The van der Waals surface area contributed by atoms with Crippen molar-refractivity contribution in [1.29, 1.82) is 0 Å². The molecule has 2 aromatic heterocycles. The molecule has 2 heterocycles. The van der Waals surface area contributed by atoms with Gasteiger partial charge in [-0.15, -0.1) is 0 Å². The van der Waals surface area contributed by atoms with Gasteiger partial charge in [-0.05, 0) is 30.2 Å². The Morgan fingerprint density at radius 1 is 1.23 bits per heavy atom. The number of aromatic nitrogens is 1. The van der Waals surface area contributed by atoms with E-state index in [0.717, 1.165) is 23.4 Å². The smallest absolute Gasteiger partial charge is 0.417 e. The van der Waals surface area contributed by atoms with E-state index in [-0.39, 0.29) is 16.7 Å². The maximum atomic E-state index is 12.7. The highest BCUT2D eigenvalue weighted by molar-refractivity contribution is 6.31. The number of fused-ring (bicyclic) bond motifs is 1. The molecular weight excluding hydrogens is 371 g/mol. The average Bonchev–Trinajstić information content (AvgIpc) is 2.55. The third kappa shape index (κ3) is 3.83. The van der Waals surface area contributed by atoms with Gasteiger partial charge in [0.25, 0.3) is 0 Å². The lowest BCUT2D eigenvalue weighted by Crippen LogP contribution is -2.05. The Hall–Kier alpha value is -2.54. The van der Waals surface area contributed by atoms with Crippen molar-refractivity contribution in [1.82, 2.24) is 4.98 Å². The maximum Gasteiger partial charge on any atom is 0.417 e. The molecule has 4 nitrogen and oxygen atoms in total. The molecule has 1 aromatic carbocycles. The summed E-state index contributed by atoms with van der Waals surface area (Å²) in [7, 11) is 0. The highest BCUT2D eigenvalue weighted by Crippen LogP contribution is 2.35. The molecule has 0 fully saturated rings. The van der Waals surface area contributed by atoms with Crippen molar-refractivity contribution in [2.45, 2.75) is 25.9 Å². The van der Waals surface area contributed by atoms with E-state index in [9.17, 15) is 18.0 Å². The molecule has 0 aliphatic carbocycles. The topological polar surface area (TPSA) is 52.3 Å². The van der Waals surface area contributed by atoms with Crippen LogP contribution in [0.5, 0.6) is 11.6 Å². The number of halogens is 4. The van der Waals surface area contributed by atoms with Crippen LogP contribution in [-0.4, -0.2) is 4.98 Å². The molecule has 0 atom stereocenters. The van der Waals surface area contributed by atoms with Crippen LogP contribution < -0.4 is 10.4 Å². The number of hydrogen-bond donors (Lipinski definition) is 0. The fourth-order valence-electron chi connectivity index (χ4n) is 2.52. The number of nitrogens with zero attached hydrogens (tertiary/aromatic N) is 1. The number of pyridine rings is 1. The summed E-state index contributed by atoms with van der Waals surface area (Å²) in [6, 6.07) is 6.99. The van der Waals surface area contributed by atoms with Crippen LogP contribution in [0.4, 0.5) is 13.2 Å². The number of alkyl halides is 3. The summed E-state index contributed by atoms with van der Waals surface area (Å²) < 4.78 is 48.6. The monoisotopic (exact) mass is 383 g/mol. The highest BCUT2D eigenvalue weighted by atomic mass is 35.5. The number of rotatable bonds is 4. The molecule has 0 saturated heterocycles. The lowest BCUT2D eigenvalue weighted by Gasteiger charge is -2.11. The van der Waals surface area contributed by atoms with E-state index in [1.165, 1.54) is 12.1 Å². The first-order valence-corrected chi connectivity index (χ1v) is 8.13. The number of aryl methyl sites for hydroxylation is 1. The van der Waals surface area contributed by atoms with E-state index in [1.807, 2.05) is 6.92 Å². The molecule has 3 aromatic rings. The van der Waals surface area contributed by atoms with E-state index in [2.05, 4.69) is 4.98 Å². The Bertz CT molecular complexity index is 1010. The first kappa shape index (κ1) is 18.3. The largest absolute Gasteiger partial charge is 0.437 e. The van der Waals surface area contributed by atoms with E-state index >= 15 is 0 Å². The molecule has 0 radical (unpaired) electrons. The van der Waals surface area contributed by atoms with E-state index in [0.29, 0.717) is 18.2 Å². The van der Waals surface area contributed by atoms with Gasteiger partial charge in [0.1, 0.15) is 16.4 Å². The highest BCUT2D eigenvalue weighted by Gasteiger charge is 2.31. The molecule has 0 aliphatic heterocycles. The van der Waals surface area contributed by atoms with Gasteiger partial charge in [-0.25, -0.2) is 9.78 Å². The second kappa shape index (κ2) is 6.99. The van der Waals surface area contributed by atoms with E-state index in [1.54, 1.807) is 12.1 Å². The van der Waals surface area contributed by atoms with Gasteiger partial charge in [0.15, 0.2) is 0 Å². The Morgan fingerprint density at radius 2 is 2.00 bits per heavy atom. The third-order valence-corrected chi connectivity index (χ3v) is 3.94. The molecular formula is C18H13ClF3NO3. The molecule has 0 saturated carbocycles. The van der Waals surface area contributed by atoms with Crippen molar-refractivity contribution < 1.29 is 22.3 Å². The minimum atomic E-state index is -4.54.